The minimum atomic E-state index is -0.264. The Hall–Kier alpha value is -3.39. The maximum Gasteiger partial charge on any atom is 0.259 e. The molecule has 0 atom stereocenters. The van der Waals surface area contributed by atoms with Crippen molar-refractivity contribution in [1.29, 1.82) is 0 Å². The van der Waals surface area contributed by atoms with E-state index in [0.29, 0.717) is 29.1 Å². The molecule has 4 rings (SSSR count). The van der Waals surface area contributed by atoms with E-state index in [2.05, 4.69) is 31.4 Å². The van der Waals surface area contributed by atoms with Gasteiger partial charge in [-0.15, -0.1) is 10.2 Å². The molecule has 158 valence electrons. The van der Waals surface area contributed by atoms with Gasteiger partial charge in [-0.25, -0.2) is 0 Å². The predicted molar refractivity (Wildman–Crippen MR) is 123 cm³/mol. The van der Waals surface area contributed by atoms with Gasteiger partial charge in [0.1, 0.15) is 22.5 Å². The van der Waals surface area contributed by atoms with Crippen LogP contribution in [0.3, 0.4) is 0 Å². The molecule has 7 nitrogen and oxygen atoms in total. The molecule has 0 aliphatic rings. The summed E-state index contributed by atoms with van der Waals surface area (Å²) >= 11 is 3.44. The van der Waals surface area contributed by atoms with Crippen LogP contribution in [-0.4, -0.2) is 34.6 Å². The summed E-state index contributed by atoms with van der Waals surface area (Å²) in [5, 5.41) is 12.0. The minimum absolute atomic E-state index is 0.264. The van der Waals surface area contributed by atoms with Crippen LogP contribution in [-0.2, 0) is 0 Å². The maximum absolute atomic E-state index is 12.9. The molecule has 0 fully saturated rings. The van der Waals surface area contributed by atoms with Crippen molar-refractivity contribution in [2.45, 2.75) is 13.8 Å². The van der Waals surface area contributed by atoms with Gasteiger partial charge in [-0.1, -0.05) is 15.9 Å². The highest BCUT2D eigenvalue weighted by Crippen LogP contribution is 2.29. The zero-order valence-corrected chi connectivity index (χ0v) is 18.9. The van der Waals surface area contributed by atoms with Gasteiger partial charge in [0.05, 0.1) is 25.0 Å². The fraction of sp³-hybridized carbons (Fsp3) is 0.174. The quantitative estimate of drug-likeness (QED) is 0.412. The summed E-state index contributed by atoms with van der Waals surface area (Å²) in [6, 6.07) is 16.6. The summed E-state index contributed by atoms with van der Waals surface area (Å²) in [4.78, 5) is 14.4. The number of nitrogens with one attached hydrogen (secondary N) is 1. The van der Waals surface area contributed by atoms with Gasteiger partial charge in [0.15, 0.2) is 0 Å². The zero-order valence-electron chi connectivity index (χ0n) is 17.3. The van der Waals surface area contributed by atoms with E-state index < -0.39 is 0 Å². The molecule has 8 heteroatoms. The summed E-state index contributed by atoms with van der Waals surface area (Å²) < 4.78 is 11.7. The van der Waals surface area contributed by atoms with Crippen LogP contribution in [0.25, 0.3) is 16.7 Å². The Balaban J connectivity index is 1.59. The first-order chi connectivity index (χ1) is 15.0. The highest BCUT2D eigenvalue weighted by molar-refractivity contribution is 9.10. The summed E-state index contributed by atoms with van der Waals surface area (Å²) in [5.41, 5.74) is 4.16. The lowest BCUT2D eigenvalue weighted by Crippen LogP contribution is -2.13. The second-order valence-electron chi connectivity index (χ2n) is 6.88. The first kappa shape index (κ1) is 20.9. The van der Waals surface area contributed by atoms with E-state index in [4.69, 9.17) is 9.47 Å². The number of hydrogen-bond donors (Lipinski definition) is 1. The van der Waals surface area contributed by atoms with Crippen LogP contribution < -0.4 is 14.8 Å². The van der Waals surface area contributed by atoms with Gasteiger partial charge in [0.2, 0.25) is 0 Å². The van der Waals surface area contributed by atoms with Crippen LogP contribution in [0.15, 0.2) is 59.1 Å². The standard InChI is InChI=1S/C23H21BrN4O3/c1-4-31-18-8-6-17(7-9-18)28-26-20-10-5-16(13-21(20)27-28)25-23(29)19-12-15(24)11-14(2)22(19)30-3/h5-13H,4H2,1-3H3,(H,25,29). The van der Waals surface area contributed by atoms with Crippen LogP contribution >= 0.6 is 15.9 Å². The van der Waals surface area contributed by atoms with Gasteiger partial charge in [0.25, 0.3) is 5.91 Å². The number of amides is 1. The van der Waals surface area contributed by atoms with Crippen LogP contribution in [0.5, 0.6) is 11.5 Å². The molecule has 0 saturated heterocycles. The molecule has 0 bridgehead atoms. The molecular formula is C23H21BrN4O3. The van der Waals surface area contributed by atoms with E-state index in [-0.39, 0.29) is 5.91 Å². The van der Waals surface area contributed by atoms with Gasteiger partial charge in [-0.2, -0.15) is 4.80 Å². The molecular weight excluding hydrogens is 460 g/mol. The summed E-state index contributed by atoms with van der Waals surface area (Å²) in [6.07, 6.45) is 0. The summed E-state index contributed by atoms with van der Waals surface area (Å²) in [7, 11) is 1.55. The first-order valence-corrected chi connectivity index (χ1v) is 10.5. The number of halogens is 1. The van der Waals surface area contributed by atoms with Crippen LogP contribution in [0.2, 0.25) is 0 Å². The monoisotopic (exact) mass is 480 g/mol. The predicted octanol–water partition coefficient (Wildman–Crippen LogP) is 5.15. The van der Waals surface area contributed by atoms with Crippen molar-refractivity contribution in [2.24, 2.45) is 0 Å². The number of rotatable bonds is 6. The molecule has 4 aromatic rings. The first-order valence-electron chi connectivity index (χ1n) is 9.74. The van der Waals surface area contributed by atoms with Crippen molar-refractivity contribution >= 4 is 38.6 Å². The lowest BCUT2D eigenvalue weighted by atomic mass is 10.1. The topological polar surface area (TPSA) is 78.3 Å². The molecule has 0 aliphatic heterocycles. The fourth-order valence-electron chi connectivity index (χ4n) is 3.32. The second kappa shape index (κ2) is 8.77. The summed E-state index contributed by atoms with van der Waals surface area (Å²) in [6.45, 7) is 4.45. The molecule has 0 saturated carbocycles. The number of methoxy groups -OCH3 is 1. The third-order valence-electron chi connectivity index (χ3n) is 4.71. The number of aromatic nitrogens is 3. The van der Waals surface area contributed by atoms with Crippen molar-refractivity contribution < 1.29 is 14.3 Å². The smallest absolute Gasteiger partial charge is 0.259 e. The van der Waals surface area contributed by atoms with E-state index in [9.17, 15) is 4.79 Å². The molecule has 0 unspecified atom stereocenters. The van der Waals surface area contributed by atoms with Gasteiger partial charge < -0.3 is 14.8 Å². The van der Waals surface area contributed by atoms with Gasteiger partial charge in [-0.05, 0) is 74.0 Å². The number of fused-ring (bicyclic) bond motifs is 1. The van der Waals surface area contributed by atoms with Crippen molar-refractivity contribution in [3.8, 4) is 17.2 Å². The van der Waals surface area contributed by atoms with Crippen molar-refractivity contribution in [3.63, 3.8) is 0 Å². The number of hydrogen-bond acceptors (Lipinski definition) is 5. The van der Waals surface area contributed by atoms with Crippen molar-refractivity contribution in [3.05, 3.63) is 70.2 Å². The Morgan fingerprint density at radius 2 is 1.81 bits per heavy atom. The molecule has 1 aromatic heterocycles. The van der Waals surface area contributed by atoms with Crippen molar-refractivity contribution in [2.75, 3.05) is 19.0 Å². The molecule has 1 amide bonds. The van der Waals surface area contributed by atoms with E-state index in [1.807, 2.05) is 50.2 Å². The number of carbonyl (C=O) groups is 1. The molecule has 0 radical (unpaired) electrons. The maximum atomic E-state index is 12.9. The van der Waals surface area contributed by atoms with Crippen LogP contribution in [0.1, 0.15) is 22.8 Å². The normalized spacial score (nSPS) is 10.8. The number of nitrogens with zero attached hydrogens (tertiary/aromatic N) is 3. The molecule has 1 heterocycles. The lowest BCUT2D eigenvalue weighted by molar-refractivity contribution is 0.102. The SMILES string of the molecule is CCOc1ccc(-n2nc3ccc(NC(=O)c4cc(Br)cc(C)c4OC)cc3n2)cc1. The second-order valence-corrected chi connectivity index (χ2v) is 7.79. The van der Waals surface area contributed by atoms with E-state index in [1.54, 1.807) is 30.1 Å². The number of carbonyl (C=O) groups excluding carboxylic acids is 1. The Labute approximate surface area is 188 Å². The molecule has 3 aromatic carbocycles. The Bertz CT molecular complexity index is 1250. The molecule has 0 spiro atoms. The number of aryl methyl sites for hydroxylation is 1. The third-order valence-corrected chi connectivity index (χ3v) is 5.16. The highest BCUT2D eigenvalue weighted by atomic mass is 79.9. The average molecular weight is 481 g/mol. The van der Waals surface area contributed by atoms with Gasteiger partial charge in [0, 0.05) is 10.2 Å². The van der Waals surface area contributed by atoms with Gasteiger partial charge >= 0.3 is 0 Å². The van der Waals surface area contributed by atoms with Crippen molar-refractivity contribution in [1.82, 2.24) is 15.0 Å². The number of benzene rings is 3. The fourth-order valence-corrected chi connectivity index (χ4v) is 3.89. The highest BCUT2D eigenvalue weighted by Gasteiger charge is 2.16. The van der Waals surface area contributed by atoms with E-state index in [1.165, 1.54) is 0 Å². The molecule has 0 aliphatic carbocycles. The minimum Gasteiger partial charge on any atom is -0.496 e. The number of ether oxygens (including phenoxy) is 2. The van der Waals surface area contributed by atoms with E-state index in [0.717, 1.165) is 27.0 Å². The zero-order chi connectivity index (χ0) is 22.0. The third kappa shape index (κ3) is 4.39. The van der Waals surface area contributed by atoms with Crippen LogP contribution in [0, 0.1) is 6.92 Å². The average Bonchev–Trinajstić information content (AvgIpc) is 3.17. The summed E-state index contributed by atoms with van der Waals surface area (Å²) in [5.74, 6) is 1.08. The van der Waals surface area contributed by atoms with Gasteiger partial charge in [-0.3, -0.25) is 4.79 Å². The number of anilines is 1. The Morgan fingerprint density at radius 3 is 2.52 bits per heavy atom. The largest absolute Gasteiger partial charge is 0.496 e. The lowest BCUT2D eigenvalue weighted by Gasteiger charge is -2.12. The Morgan fingerprint density at radius 1 is 1.06 bits per heavy atom. The molecule has 1 N–H and O–H groups in total. The van der Waals surface area contributed by atoms with E-state index >= 15 is 0 Å². The Kier molecular flexibility index (Phi) is 5.90. The van der Waals surface area contributed by atoms with Crippen LogP contribution in [0.4, 0.5) is 5.69 Å². The molecule has 31 heavy (non-hydrogen) atoms.